The second-order valence-corrected chi connectivity index (χ2v) is 8.11. The zero-order chi connectivity index (χ0) is 22.1. The average Bonchev–Trinajstić information content (AvgIpc) is 3.03. The zero-order valence-electron chi connectivity index (χ0n) is 15.4. The summed E-state index contributed by atoms with van der Waals surface area (Å²) in [5, 5.41) is 13.6. The van der Waals surface area contributed by atoms with Gasteiger partial charge in [-0.15, -0.1) is 11.3 Å². The van der Waals surface area contributed by atoms with Crippen LogP contribution in [0.15, 0.2) is 30.3 Å². The maximum absolute atomic E-state index is 12.8. The van der Waals surface area contributed by atoms with Crippen LogP contribution in [0.25, 0.3) is 10.2 Å². The number of nitrogens with zero attached hydrogens (tertiary/aromatic N) is 1. The SMILES string of the molecule is Cc1c(C(=O)NCC(O)COc2cccc(Cl)c2Cl)sc2nc(C(F)(F)F)ccc12. The van der Waals surface area contributed by atoms with Gasteiger partial charge in [-0.3, -0.25) is 4.79 Å². The van der Waals surface area contributed by atoms with Crippen LogP contribution in [0.3, 0.4) is 0 Å². The summed E-state index contributed by atoms with van der Waals surface area (Å²) in [6.07, 6.45) is -5.61. The number of hydrogen-bond acceptors (Lipinski definition) is 5. The minimum atomic E-state index is -4.56. The topological polar surface area (TPSA) is 71.5 Å². The fourth-order valence-corrected chi connectivity index (χ4v) is 4.05. The van der Waals surface area contributed by atoms with Gasteiger partial charge in [-0.2, -0.15) is 13.2 Å². The van der Waals surface area contributed by atoms with E-state index in [9.17, 15) is 23.1 Å². The molecule has 0 saturated heterocycles. The first-order valence-corrected chi connectivity index (χ1v) is 10.2. The molecular weight excluding hydrogens is 464 g/mol. The number of fused-ring (bicyclic) bond motifs is 1. The van der Waals surface area contributed by atoms with Gasteiger partial charge in [-0.25, -0.2) is 4.98 Å². The molecule has 3 rings (SSSR count). The van der Waals surface area contributed by atoms with Crippen molar-refractivity contribution >= 4 is 50.7 Å². The van der Waals surface area contributed by atoms with Crippen LogP contribution in [0.4, 0.5) is 13.2 Å². The number of pyridine rings is 1. The van der Waals surface area contributed by atoms with Gasteiger partial charge in [0.15, 0.2) is 0 Å². The van der Waals surface area contributed by atoms with Crippen LogP contribution >= 0.6 is 34.5 Å². The number of amides is 1. The molecule has 160 valence electrons. The number of aromatic nitrogens is 1. The smallest absolute Gasteiger partial charge is 0.433 e. The van der Waals surface area contributed by atoms with Gasteiger partial charge < -0.3 is 15.2 Å². The Kier molecular flexibility index (Phi) is 6.76. The zero-order valence-corrected chi connectivity index (χ0v) is 17.7. The van der Waals surface area contributed by atoms with Crippen LogP contribution in [0.5, 0.6) is 5.75 Å². The molecule has 0 aliphatic rings. The van der Waals surface area contributed by atoms with Crippen LogP contribution in [0.2, 0.25) is 10.0 Å². The van der Waals surface area contributed by atoms with E-state index in [1.165, 1.54) is 6.07 Å². The highest BCUT2D eigenvalue weighted by molar-refractivity contribution is 7.20. The monoisotopic (exact) mass is 478 g/mol. The molecule has 1 aromatic carbocycles. The summed E-state index contributed by atoms with van der Waals surface area (Å²) in [6.45, 7) is 1.34. The second-order valence-electron chi connectivity index (χ2n) is 6.33. The number of alkyl halides is 3. The number of aryl methyl sites for hydroxylation is 1. The number of aliphatic hydroxyl groups is 1. The molecule has 5 nitrogen and oxygen atoms in total. The first-order valence-electron chi connectivity index (χ1n) is 8.58. The van der Waals surface area contributed by atoms with E-state index in [-0.39, 0.29) is 27.9 Å². The van der Waals surface area contributed by atoms with Gasteiger partial charge >= 0.3 is 6.18 Å². The molecule has 0 fully saturated rings. The van der Waals surface area contributed by atoms with Crippen molar-refractivity contribution in [1.82, 2.24) is 10.3 Å². The Bertz CT molecular complexity index is 1090. The summed E-state index contributed by atoms with van der Waals surface area (Å²) >= 11 is 12.7. The highest BCUT2D eigenvalue weighted by atomic mass is 35.5. The Balaban J connectivity index is 1.63. The molecule has 2 N–H and O–H groups in total. The Morgan fingerprint density at radius 3 is 2.73 bits per heavy atom. The van der Waals surface area contributed by atoms with Gasteiger partial charge in [0, 0.05) is 11.9 Å². The lowest BCUT2D eigenvalue weighted by Gasteiger charge is -2.14. The lowest BCUT2D eigenvalue weighted by atomic mass is 10.1. The Morgan fingerprint density at radius 2 is 2.03 bits per heavy atom. The number of aliphatic hydroxyl groups excluding tert-OH is 1. The van der Waals surface area contributed by atoms with Gasteiger partial charge in [-0.05, 0) is 36.8 Å². The van der Waals surface area contributed by atoms with Crippen LogP contribution in [-0.2, 0) is 6.18 Å². The molecule has 30 heavy (non-hydrogen) atoms. The first-order chi connectivity index (χ1) is 14.1. The van der Waals surface area contributed by atoms with Gasteiger partial charge in [-0.1, -0.05) is 29.3 Å². The van der Waals surface area contributed by atoms with E-state index in [0.29, 0.717) is 21.7 Å². The number of carbonyl (C=O) groups excluding carboxylic acids is 1. The summed E-state index contributed by atoms with van der Waals surface area (Å²) < 4.78 is 43.9. The van der Waals surface area contributed by atoms with Crippen LogP contribution < -0.4 is 10.1 Å². The number of hydrogen-bond donors (Lipinski definition) is 2. The second kappa shape index (κ2) is 8.97. The first kappa shape index (κ1) is 22.6. The minimum Gasteiger partial charge on any atom is -0.489 e. The highest BCUT2D eigenvalue weighted by Crippen LogP contribution is 2.34. The van der Waals surface area contributed by atoms with Crippen molar-refractivity contribution in [1.29, 1.82) is 0 Å². The predicted octanol–water partition coefficient (Wildman–Crippen LogP) is 5.10. The minimum absolute atomic E-state index is 0.118. The third kappa shape index (κ3) is 4.97. The molecule has 0 spiro atoms. The summed E-state index contributed by atoms with van der Waals surface area (Å²) in [5.74, 6) is -0.231. The van der Waals surface area contributed by atoms with E-state index < -0.39 is 23.9 Å². The third-order valence-corrected chi connectivity index (χ3v) is 6.15. The van der Waals surface area contributed by atoms with Crippen molar-refractivity contribution in [3.63, 3.8) is 0 Å². The molecular formula is C19H15Cl2F3N2O3S. The number of rotatable bonds is 6. The van der Waals surface area contributed by atoms with E-state index in [1.54, 1.807) is 25.1 Å². The van der Waals surface area contributed by atoms with Crippen LogP contribution in [0, 0.1) is 6.92 Å². The number of thiophene rings is 1. The van der Waals surface area contributed by atoms with Gasteiger partial charge in [0.05, 0.1) is 9.90 Å². The summed E-state index contributed by atoms with van der Waals surface area (Å²) in [6, 6.07) is 6.99. The Labute approximate surface area is 183 Å². The maximum atomic E-state index is 12.8. The number of carbonyl (C=O) groups is 1. The third-order valence-electron chi connectivity index (χ3n) is 4.15. The molecule has 0 aliphatic carbocycles. The quantitative estimate of drug-likeness (QED) is 0.516. The molecule has 11 heteroatoms. The normalized spacial score (nSPS) is 12.8. The number of benzene rings is 1. The fraction of sp³-hybridized carbons (Fsp3) is 0.263. The lowest BCUT2D eigenvalue weighted by molar-refractivity contribution is -0.140. The Hall–Kier alpha value is -2.07. The van der Waals surface area contributed by atoms with Crippen molar-refractivity contribution in [2.75, 3.05) is 13.2 Å². The van der Waals surface area contributed by atoms with E-state index in [2.05, 4.69) is 10.3 Å². The van der Waals surface area contributed by atoms with Crippen molar-refractivity contribution in [3.05, 3.63) is 56.5 Å². The molecule has 1 atom stereocenters. The van der Waals surface area contributed by atoms with Gasteiger partial charge in [0.2, 0.25) is 0 Å². The highest BCUT2D eigenvalue weighted by Gasteiger charge is 2.33. The standard InChI is InChI=1S/C19H15Cl2F3N2O3S/c1-9-11-5-6-14(19(22,23)24)26-18(11)30-16(9)17(28)25-7-10(27)8-29-13-4-2-3-12(20)15(13)21/h2-6,10,27H,7-8H2,1H3,(H,25,28). The predicted molar refractivity (Wildman–Crippen MR) is 110 cm³/mol. The van der Waals surface area contributed by atoms with Gasteiger partial charge in [0.1, 0.15) is 34.0 Å². The van der Waals surface area contributed by atoms with E-state index in [1.807, 2.05) is 0 Å². The summed E-state index contributed by atoms with van der Waals surface area (Å²) in [4.78, 5) is 16.4. The maximum Gasteiger partial charge on any atom is 0.433 e. The molecule has 1 amide bonds. The molecule has 2 aromatic heterocycles. The Morgan fingerprint density at radius 1 is 1.30 bits per heavy atom. The van der Waals surface area contributed by atoms with E-state index in [0.717, 1.165) is 17.4 Å². The lowest BCUT2D eigenvalue weighted by Crippen LogP contribution is -2.35. The fourth-order valence-electron chi connectivity index (χ4n) is 2.60. The number of halogens is 5. The molecule has 0 bridgehead atoms. The summed E-state index contributed by atoms with van der Waals surface area (Å²) in [7, 11) is 0. The molecule has 0 saturated carbocycles. The largest absolute Gasteiger partial charge is 0.489 e. The number of nitrogens with one attached hydrogen (secondary N) is 1. The van der Waals surface area contributed by atoms with E-state index in [4.69, 9.17) is 27.9 Å². The van der Waals surface area contributed by atoms with Crippen molar-refractivity contribution in [3.8, 4) is 5.75 Å². The van der Waals surface area contributed by atoms with Crippen molar-refractivity contribution in [2.45, 2.75) is 19.2 Å². The molecule has 0 aliphatic heterocycles. The van der Waals surface area contributed by atoms with Gasteiger partial charge in [0.25, 0.3) is 5.91 Å². The number of ether oxygens (including phenoxy) is 1. The summed E-state index contributed by atoms with van der Waals surface area (Å²) in [5.41, 5.74) is -0.499. The van der Waals surface area contributed by atoms with Crippen molar-refractivity contribution < 1.29 is 27.8 Å². The molecule has 1 unspecified atom stereocenters. The molecule has 3 aromatic rings. The van der Waals surface area contributed by atoms with Crippen LogP contribution in [0.1, 0.15) is 20.9 Å². The van der Waals surface area contributed by atoms with Crippen molar-refractivity contribution in [2.24, 2.45) is 0 Å². The van der Waals surface area contributed by atoms with Crippen LogP contribution in [-0.4, -0.2) is 35.3 Å². The molecule has 0 radical (unpaired) electrons. The molecule has 2 heterocycles. The van der Waals surface area contributed by atoms with E-state index >= 15 is 0 Å². The average molecular weight is 479 g/mol.